The van der Waals surface area contributed by atoms with Crippen LogP contribution in [0.3, 0.4) is 0 Å². The third-order valence-electron chi connectivity index (χ3n) is 2.18. The molecule has 2 N–H and O–H groups in total. The zero-order valence-electron chi connectivity index (χ0n) is 9.51. The van der Waals surface area contributed by atoms with Crippen molar-refractivity contribution in [3.8, 4) is 0 Å². The molecule has 17 heavy (non-hydrogen) atoms. The minimum atomic E-state index is -1.08. The number of carbonyl (C=O) groups is 2. The summed E-state index contributed by atoms with van der Waals surface area (Å²) in [6.45, 7) is 5.25. The molecule has 90 valence electrons. The molecule has 0 radical (unpaired) electrons. The summed E-state index contributed by atoms with van der Waals surface area (Å²) in [4.78, 5) is 26.5. The van der Waals surface area contributed by atoms with Crippen LogP contribution in [0.4, 0.5) is 0 Å². The van der Waals surface area contributed by atoms with Crippen LogP contribution in [0.15, 0.2) is 31.0 Å². The first-order chi connectivity index (χ1) is 8.04. The Morgan fingerprint density at radius 3 is 2.76 bits per heavy atom. The standard InChI is InChI=1S/C12H14N2O3/c1-3-4-10(12(16)17)14-11(15)9-6-5-8(2)13-7-9/h3,5-7,10H,1,4H2,2H3,(H,14,15)(H,16,17). The highest BCUT2D eigenvalue weighted by Crippen LogP contribution is 2.01. The first kappa shape index (κ1) is 12.9. The van der Waals surface area contributed by atoms with Crippen LogP contribution in [0.1, 0.15) is 22.5 Å². The van der Waals surface area contributed by atoms with Gasteiger partial charge in [0.2, 0.25) is 0 Å². The number of aromatic nitrogens is 1. The Morgan fingerprint density at radius 1 is 1.59 bits per heavy atom. The number of nitrogens with zero attached hydrogens (tertiary/aromatic N) is 1. The predicted octanol–water partition coefficient (Wildman–Crippen LogP) is 1.15. The number of amides is 1. The van der Waals surface area contributed by atoms with Gasteiger partial charge in [0.25, 0.3) is 5.91 Å². The van der Waals surface area contributed by atoms with E-state index in [9.17, 15) is 9.59 Å². The number of carbonyl (C=O) groups excluding carboxylic acids is 1. The van der Waals surface area contributed by atoms with Crippen LogP contribution in [0.25, 0.3) is 0 Å². The van der Waals surface area contributed by atoms with Gasteiger partial charge in [-0.2, -0.15) is 0 Å². The van der Waals surface area contributed by atoms with Gasteiger partial charge in [-0.3, -0.25) is 9.78 Å². The molecule has 1 aromatic heterocycles. The summed E-state index contributed by atoms with van der Waals surface area (Å²) in [5.74, 6) is -1.54. The van der Waals surface area contributed by atoms with Crippen LogP contribution < -0.4 is 5.32 Å². The third-order valence-corrected chi connectivity index (χ3v) is 2.18. The van der Waals surface area contributed by atoms with E-state index in [2.05, 4.69) is 16.9 Å². The molecular formula is C12H14N2O3. The predicted molar refractivity (Wildman–Crippen MR) is 62.7 cm³/mol. The van der Waals surface area contributed by atoms with Crippen molar-refractivity contribution >= 4 is 11.9 Å². The summed E-state index contributed by atoms with van der Waals surface area (Å²) >= 11 is 0. The number of hydrogen-bond acceptors (Lipinski definition) is 3. The zero-order valence-corrected chi connectivity index (χ0v) is 9.51. The minimum Gasteiger partial charge on any atom is -0.480 e. The van der Waals surface area contributed by atoms with Crippen LogP contribution in [-0.4, -0.2) is 28.0 Å². The van der Waals surface area contributed by atoms with Crippen LogP contribution in [0, 0.1) is 6.92 Å². The molecule has 0 aliphatic carbocycles. The Bertz CT molecular complexity index is 426. The summed E-state index contributed by atoms with van der Waals surface area (Å²) < 4.78 is 0. The van der Waals surface area contributed by atoms with Crippen LogP contribution in [0.5, 0.6) is 0 Å². The van der Waals surface area contributed by atoms with Crippen LogP contribution in [0.2, 0.25) is 0 Å². The highest BCUT2D eigenvalue weighted by molar-refractivity contribution is 5.96. The van der Waals surface area contributed by atoms with Gasteiger partial charge in [-0.25, -0.2) is 4.79 Å². The minimum absolute atomic E-state index is 0.181. The number of carboxylic acid groups (broad SMARTS) is 1. The molecule has 0 saturated carbocycles. The first-order valence-electron chi connectivity index (χ1n) is 5.12. The summed E-state index contributed by atoms with van der Waals surface area (Å²) in [5, 5.41) is 11.3. The van der Waals surface area contributed by atoms with Crippen molar-refractivity contribution in [1.29, 1.82) is 0 Å². The Balaban J connectivity index is 2.73. The van der Waals surface area contributed by atoms with E-state index in [1.165, 1.54) is 12.3 Å². The van der Waals surface area contributed by atoms with E-state index in [0.717, 1.165) is 5.69 Å². The van der Waals surface area contributed by atoms with E-state index >= 15 is 0 Å². The fraction of sp³-hybridized carbons (Fsp3) is 0.250. The van der Waals surface area contributed by atoms with Gasteiger partial charge < -0.3 is 10.4 Å². The molecule has 1 atom stereocenters. The van der Waals surface area contributed by atoms with Crippen molar-refractivity contribution in [3.05, 3.63) is 42.2 Å². The fourth-order valence-electron chi connectivity index (χ4n) is 1.23. The number of nitrogens with one attached hydrogen (secondary N) is 1. The smallest absolute Gasteiger partial charge is 0.326 e. The molecule has 1 amide bonds. The highest BCUT2D eigenvalue weighted by Gasteiger charge is 2.18. The van der Waals surface area contributed by atoms with Crippen LogP contribution in [-0.2, 0) is 4.79 Å². The lowest BCUT2D eigenvalue weighted by Gasteiger charge is -2.12. The van der Waals surface area contributed by atoms with Gasteiger partial charge in [0.05, 0.1) is 5.56 Å². The lowest BCUT2D eigenvalue weighted by Crippen LogP contribution is -2.40. The van der Waals surface area contributed by atoms with Gasteiger partial charge in [0.15, 0.2) is 0 Å². The topological polar surface area (TPSA) is 79.3 Å². The highest BCUT2D eigenvalue weighted by atomic mass is 16.4. The van der Waals surface area contributed by atoms with Gasteiger partial charge >= 0.3 is 5.97 Å². The maximum Gasteiger partial charge on any atom is 0.326 e. The van der Waals surface area contributed by atoms with E-state index < -0.39 is 17.9 Å². The average Bonchev–Trinajstić information content (AvgIpc) is 2.29. The Hall–Kier alpha value is -2.17. The quantitative estimate of drug-likeness (QED) is 0.749. The Labute approximate surface area is 99.2 Å². The monoisotopic (exact) mass is 234 g/mol. The number of hydrogen-bond donors (Lipinski definition) is 2. The average molecular weight is 234 g/mol. The van der Waals surface area contributed by atoms with Crippen molar-refractivity contribution in [3.63, 3.8) is 0 Å². The fourth-order valence-corrected chi connectivity index (χ4v) is 1.23. The number of aryl methyl sites for hydroxylation is 1. The van der Waals surface area contributed by atoms with Crippen molar-refractivity contribution in [2.45, 2.75) is 19.4 Å². The molecule has 1 rings (SSSR count). The molecule has 0 saturated heterocycles. The second kappa shape index (κ2) is 5.79. The van der Waals surface area contributed by atoms with Crippen molar-refractivity contribution < 1.29 is 14.7 Å². The third kappa shape index (κ3) is 3.71. The molecule has 1 heterocycles. The molecule has 0 aliphatic heterocycles. The van der Waals surface area contributed by atoms with Gasteiger partial charge in [0.1, 0.15) is 6.04 Å². The molecule has 0 fully saturated rings. The van der Waals surface area contributed by atoms with E-state index in [0.29, 0.717) is 5.56 Å². The molecule has 0 aromatic carbocycles. The molecule has 1 aromatic rings. The first-order valence-corrected chi connectivity index (χ1v) is 5.12. The lowest BCUT2D eigenvalue weighted by molar-refractivity contribution is -0.139. The number of rotatable bonds is 5. The molecular weight excluding hydrogens is 220 g/mol. The SMILES string of the molecule is C=CCC(NC(=O)c1ccc(C)nc1)C(=O)O. The molecule has 0 spiro atoms. The summed E-state index contributed by atoms with van der Waals surface area (Å²) in [7, 11) is 0. The maximum atomic E-state index is 11.7. The van der Waals surface area contributed by atoms with Crippen LogP contribution >= 0.6 is 0 Å². The largest absolute Gasteiger partial charge is 0.480 e. The summed E-state index contributed by atoms with van der Waals surface area (Å²) in [5.41, 5.74) is 1.13. The van der Waals surface area contributed by atoms with E-state index in [-0.39, 0.29) is 6.42 Å². The van der Waals surface area contributed by atoms with E-state index in [4.69, 9.17) is 5.11 Å². The summed E-state index contributed by atoms with van der Waals surface area (Å²) in [6, 6.07) is 2.34. The van der Waals surface area contributed by atoms with E-state index in [1.807, 2.05) is 0 Å². The second-order valence-electron chi connectivity index (χ2n) is 3.58. The Kier molecular flexibility index (Phi) is 4.39. The zero-order chi connectivity index (χ0) is 12.8. The molecule has 0 aliphatic rings. The molecule has 5 nitrogen and oxygen atoms in total. The van der Waals surface area contributed by atoms with Crippen molar-refractivity contribution in [2.24, 2.45) is 0 Å². The Morgan fingerprint density at radius 2 is 2.29 bits per heavy atom. The van der Waals surface area contributed by atoms with Crippen molar-refractivity contribution in [1.82, 2.24) is 10.3 Å². The van der Waals surface area contributed by atoms with Gasteiger partial charge in [-0.05, 0) is 25.5 Å². The molecule has 5 heteroatoms. The normalized spacial score (nSPS) is 11.6. The number of pyridine rings is 1. The number of carboxylic acids is 1. The van der Waals surface area contributed by atoms with Gasteiger partial charge in [0, 0.05) is 11.9 Å². The van der Waals surface area contributed by atoms with Crippen molar-refractivity contribution in [2.75, 3.05) is 0 Å². The maximum absolute atomic E-state index is 11.7. The summed E-state index contributed by atoms with van der Waals surface area (Å²) in [6.07, 6.45) is 3.05. The van der Waals surface area contributed by atoms with E-state index in [1.54, 1.807) is 19.1 Å². The molecule has 0 bridgehead atoms. The van der Waals surface area contributed by atoms with Gasteiger partial charge in [-0.1, -0.05) is 6.08 Å². The molecule has 1 unspecified atom stereocenters. The lowest BCUT2D eigenvalue weighted by atomic mass is 10.2. The number of aliphatic carboxylic acids is 1. The van der Waals surface area contributed by atoms with Gasteiger partial charge in [-0.15, -0.1) is 6.58 Å². The second-order valence-corrected chi connectivity index (χ2v) is 3.58.